The lowest BCUT2D eigenvalue weighted by molar-refractivity contribution is -0.120. The van der Waals surface area contributed by atoms with E-state index in [-0.39, 0.29) is 29.6 Å². The van der Waals surface area contributed by atoms with E-state index in [0.29, 0.717) is 30.5 Å². The van der Waals surface area contributed by atoms with Crippen molar-refractivity contribution in [1.29, 1.82) is 0 Å². The van der Waals surface area contributed by atoms with Crippen molar-refractivity contribution in [3.05, 3.63) is 77.0 Å². The van der Waals surface area contributed by atoms with Gasteiger partial charge in [-0.15, -0.1) is 0 Å². The van der Waals surface area contributed by atoms with Gasteiger partial charge < -0.3 is 0 Å². The maximum absolute atomic E-state index is 14.3. The molecule has 0 fully saturated rings. The number of hydrogen-bond donors (Lipinski definition) is 0. The van der Waals surface area contributed by atoms with Gasteiger partial charge in [0.15, 0.2) is 5.78 Å². The van der Waals surface area contributed by atoms with E-state index >= 15 is 0 Å². The Hall–Kier alpha value is -2.82. The smallest absolute Gasteiger partial charge is 0.232 e. The fourth-order valence-electron chi connectivity index (χ4n) is 3.89. The Morgan fingerprint density at radius 3 is 2.38 bits per heavy atom. The average molecular weight is 353 g/mol. The van der Waals surface area contributed by atoms with Crippen molar-refractivity contribution in [3.8, 4) is 0 Å². The minimum absolute atomic E-state index is 0.0191. The lowest BCUT2D eigenvalue weighted by Gasteiger charge is -2.38. The van der Waals surface area contributed by atoms with Crippen LogP contribution in [0.1, 0.15) is 37.2 Å². The first-order chi connectivity index (χ1) is 12.6. The van der Waals surface area contributed by atoms with Crippen molar-refractivity contribution in [1.82, 2.24) is 0 Å². The number of ketones is 1. The van der Waals surface area contributed by atoms with Crippen LogP contribution in [0.5, 0.6) is 0 Å². The third-order valence-electron chi connectivity index (χ3n) is 5.04. The number of Topliss-reactive ketones (excluding diaryl/α,β-unsaturated/α-hetero) is 1. The number of anilines is 1. The first-order valence-electron chi connectivity index (χ1n) is 8.65. The predicted molar refractivity (Wildman–Crippen MR) is 93.5 cm³/mol. The van der Waals surface area contributed by atoms with E-state index in [2.05, 4.69) is 0 Å². The van der Waals surface area contributed by atoms with E-state index in [1.165, 1.54) is 23.1 Å². The number of hydrogen-bond acceptors (Lipinski definition) is 2. The zero-order chi connectivity index (χ0) is 18.3. The number of amides is 1. The molecule has 132 valence electrons. The molecular formula is C21H17F2NO2. The van der Waals surface area contributed by atoms with Crippen molar-refractivity contribution >= 4 is 17.4 Å². The summed E-state index contributed by atoms with van der Waals surface area (Å²) in [5.41, 5.74) is 2.05. The zero-order valence-electron chi connectivity index (χ0n) is 14.0. The largest absolute Gasteiger partial charge is 0.294 e. The third-order valence-corrected chi connectivity index (χ3v) is 5.04. The summed E-state index contributed by atoms with van der Waals surface area (Å²) in [7, 11) is 0. The van der Waals surface area contributed by atoms with Crippen LogP contribution in [0.15, 0.2) is 59.8 Å². The summed E-state index contributed by atoms with van der Waals surface area (Å²) in [5, 5.41) is 0. The number of benzene rings is 2. The van der Waals surface area contributed by atoms with Crippen LogP contribution in [0.25, 0.3) is 0 Å². The molecule has 2 aromatic carbocycles. The first-order valence-corrected chi connectivity index (χ1v) is 8.65. The average Bonchev–Trinajstić information content (AvgIpc) is 2.63. The van der Waals surface area contributed by atoms with Crippen LogP contribution in [0, 0.1) is 11.6 Å². The van der Waals surface area contributed by atoms with E-state index in [4.69, 9.17) is 0 Å². The van der Waals surface area contributed by atoms with E-state index in [1.54, 1.807) is 30.3 Å². The van der Waals surface area contributed by atoms with Gasteiger partial charge >= 0.3 is 0 Å². The lowest BCUT2D eigenvalue weighted by atomic mass is 9.77. The van der Waals surface area contributed by atoms with Crippen LogP contribution in [0.2, 0.25) is 0 Å². The molecule has 0 radical (unpaired) electrons. The van der Waals surface area contributed by atoms with Crippen LogP contribution >= 0.6 is 0 Å². The maximum atomic E-state index is 14.3. The van der Waals surface area contributed by atoms with Gasteiger partial charge in [0.2, 0.25) is 5.91 Å². The topological polar surface area (TPSA) is 37.4 Å². The normalized spacial score (nSPS) is 20.4. The molecule has 1 amide bonds. The number of nitrogens with zero attached hydrogens (tertiary/aromatic N) is 1. The molecule has 0 N–H and O–H groups in total. The highest BCUT2D eigenvalue weighted by atomic mass is 19.1. The number of carbonyl (C=O) groups is 2. The Labute approximate surface area is 149 Å². The molecule has 0 spiro atoms. The standard InChI is InChI=1S/C21H17F2NO2/c22-14-10-8-13(9-11-14)15-12-20(26)24(17-5-2-1-4-16(17)23)18-6-3-7-19(25)21(15)18/h1-2,4-5,8-11,15H,3,6-7,12H2. The van der Waals surface area contributed by atoms with Crippen molar-refractivity contribution in [2.24, 2.45) is 0 Å². The first kappa shape index (κ1) is 16.6. The molecule has 5 heteroatoms. The molecule has 1 aliphatic heterocycles. The molecule has 0 saturated carbocycles. The summed E-state index contributed by atoms with van der Waals surface area (Å²) in [6, 6.07) is 12.0. The molecule has 2 aromatic rings. The van der Waals surface area contributed by atoms with Crippen molar-refractivity contribution in [2.75, 3.05) is 4.90 Å². The van der Waals surface area contributed by atoms with Gasteiger partial charge in [-0.1, -0.05) is 24.3 Å². The highest BCUT2D eigenvalue weighted by Gasteiger charge is 2.40. The Kier molecular flexibility index (Phi) is 4.15. The zero-order valence-corrected chi connectivity index (χ0v) is 14.0. The van der Waals surface area contributed by atoms with Crippen LogP contribution in [-0.2, 0) is 9.59 Å². The van der Waals surface area contributed by atoms with Gasteiger partial charge in [0.05, 0.1) is 5.69 Å². The molecule has 3 nitrogen and oxygen atoms in total. The molecule has 1 atom stereocenters. The molecule has 4 rings (SSSR count). The monoisotopic (exact) mass is 353 g/mol. The van der Waals surface area contributed by atoms with E-state index in [0.717, 1.165) is 5.56 Å². The van der Waals surface area contributed by atoms with Crippen molar-refractivity contribution < 1.29 is 18.4 Å². The summed E-state index contributed by atoms with van der Waals surface area (Å²) < 4.78 is 27.6. The second kappa shape index (κ2) is 6.48. The quantitative estimate of drug-likeness (QED) is 0.798. The van der Waals surface area contributed by atoms with Crippen molar-refractivity contribution in [3.63, 3.8) is 0 Å². The van der Waals surface area contributed by atoms with Gasteiger partial charge in [-0.05, 0) is 42.7 Å². The highest BCUT2D eigenvalue weighted by molar-refractivity contribution is 6.07. The van der Waals surface area contributed by atoms with Crippen LogP contribution < -0.4 is 4.90 Å². The van der Waals surface area contributed by atoms with E-state index in [1.807, 2.05) is 0 Å². The number of allylic oxidation sites excluding steroid dienone is 2. The number of rotatable bonds is 2. The summed E-state index contributed by atoms with van der Waals surface area (Å²) in [4.78, 5) is 26.9. The molecule has 1 aliphatic carbocycles. The summed E-state index contributed by atoms with van der Waals surface area (Å²) in [5.74, 6) is -1.54. The molecule has 2 aliphatic rings. The van der Waals surface area contributed by atoms with Gasteiger partial charge in [-0.25, -0.2) is 8.78 Å². The van der Waals surface area contributed by atoms with E-state index < -0.39 is 11.7 Å². The molecule has 1 unspecified atom stereocenters. The number of halogens is 2. The fourth-order valence-corrected chi connectivity index (χ4v) is 3.89. The third kappa shape index (κ3) is 2.73. The number of para-hydroxylation sites is 1. The van der Waals surface area contributed by atoms with Crippen molar-refractivity contribution in [2.45, 2.75) is 31.6 Å². The second-order valence-electron chi connectivity index (χ2n) is 6.63. The maximum Gasteiger partial charge on any atom is 0.232 e. The Balaban J connectivity index is 1.87. The van der Waals surface area contributed by atoms with Crippen LogP contribution in [-0.4, -0.2) is 11.7 Å². The van der Waals surface area contributed by atoms with Crippen LogP contribution in [0.4, 0.5) is 14.5 Å². The molecular weight excluding hydrogens is 336 g/mol. The molecule has 0 aromatic heterocycles. The van der Waals surface area contributed by atoms with Gasteiger partial charge in [-0.3, -0.25) is 14.5 Å². The van der Waals surface area contributed by atoms with Gasteiger partial charge in [0, 0.05) is 30.0 Å². The Morgan fingerprint density at radius 2 is 1.65 bits per heavy atom. The minimum Gasteiger partial charge on any atom is -0.294 e. The van der Waals surface area contributed by atoms with Gasteiger partial charge in [-0.2, -0.15) is 0 Å². The molecule has 1 heterocycles. The Morgan fingerprint density at radius 1 is 0.923 bits per heavy atom. The molecule has 0 bridgehead atoms. The minimum atomic E-state index is -0.494. The highest BCUT2D eigenvalue weighted by Crippen LogP contribution is 2.43. The van der Waals surface area contributed by atoms with Crippen LogP contribution in [0.3, 0.4) is 0 Å². The predicted octanol–water partition coefficient (Wildman–Crippen LogP) is 4.49. The number of carbonyl (C=O) groups excluding carboxylic acids is 2. The summed E-state index contributed by atoms with van der Waals surface area (Å²) >= 11 is 0. The Bertz CT molecular complexity index is 918. The fraction of sp³-hybridized carbons (Fsp3) is 0.238. The lowest BCUT2D eigenvalue weighted by Crippen LogP contribution is -2.41. The summed E-state index contributed by atoms with van der Waals surface area (Å²) in [6.07, 6.45) is 1.64. The van der Waals surface area contributed by atoms with Gasteiger partial charge in [0.25, 0.3) is 0 Å². The molecule has 0 saturated heterocycles. The van der Waals surface area contributed by atoms with Gasteiger partial charge in [0.1, 0.15) is 11.6 Å². The summed E-state index contributed by atoms with van der Waals surface area (Å²) in [6.45, 7) is 0. The second-order valence-corrected chi connectivity index (χ2v) is 6.63. The SMILES string of the molecule is O=C1CCCC2=C1C(c1ccc(F)cc1)CC(=O)N2c1ccccc1F. The van der Waals surface area contributed by atoms with E-state index in [9.17, 15) is 18.4 Å². The molecule has 26 heavy (non-hydrogen) atoms.